The number of halogens is 1. The van der Waals surface area contributed by atoms with E-state index in [1.54, 1.807) is 24.3 Å². The van der Waals surface area contributed by atoms with Crippen LogP contribution in [-0.4, -0.2) is 39.2 Å². The monoisotopic (exact) mass is 306 g/mol. The van der Waals surface area contributed by atoms with Gasteiger partial charge < -0.3 is 10.0 Å². The summed E-state index contributed by atoms with van der Waals surface area (Å²) < 4.78 is 0. The van der Waals surface area contributed by atoms with E-state index in [1.165, 1.54) is 11.2 Å². The van der Waals surface area contributed by atoms with Crippen molar-refractivity contribution in [3.8, 4) is 5.69 Å². The van der Waals surface area contributed by atoms with Gasteiger partial charge in [0.25, 0.3) is 0 Å². The Labute approximate surface area is 126 Å². The number of rotatable bonds is 3. The maximum Gasteiger partial charge on any atom is 0.360 e. The van der Waals surface area contributed by atoms with Crippen LogP contribution in [0.25, 0.3) is 5.69 Å². The van der Waals surface area contributed by atoms with Gasteiger partial charge in [-0.3, -0.25) is 0 Å². The number of hydrogen-bond donors (Lipinski definition) is 1. The van der Waals surface area contributed by atoms with Gasteiger partial charge in [-0.1, -0.05) is 11.6 Å². The first-order chi connectivity index (χ1) is 10.1. The smallest absolute Gasteiger partial charge is 0.360 e. The third-order valence-corrected chi connectivity index (χ3v) is 3.76. The van der Waals surface area contributed by atoms with Crippen LogP contribution in [0.5, 0.6) is 0 Å². The zero-order chi connectivity index (χ0) is 14.8. The summed E-state index contributed by atoms with van der Waals surface area (Å²) in [6.07, 6.45) is 3.27. The predicted molar refractivity (Wildman–Crippen MR) is 79.4 cm³/mol. The SMILES string of the molecule is O=C(O)c1nn(-c2ccc(Cl)cc2)nc1N1CCCCC1. The maximum absolute atomic E-state index is 11.4. The topological polar surface area (TPSA) is 71.2 Å². The highest BCUT2D eigenvalue weighted by atomic mass is 35.5. The normalized spacial score (nSPS) is 15.2. The van der Waals surface area contributed by atoms with Crippen LogP contribution in [0.2, 0.25) is 5.02 Å². The number of carboxylic acids is 1. The van der Waals surface area contributed by atoms with E-state index in [1.807, 2.05) is 4.90 Å². The van der Waals surface area contributed by atoms with E-state index in [0.29, 0.717) is 16.5 Å². The van der Waals surface area contributed by atoms with Gasteiger partial charge >= 0.3 is 5.97 Å². The van der Waals surface area contributed by atoms with Crippen molar-refractivity contribution in [2.75, 3.05) is 18.0 Å². The Morgan fingerprint density at radius 2 is 1.76 bits per heavy atom. The zero-order valence-corrected chi connectivity index (χ0v) is 12.1. The molecule has 1 aliphatic rings. The molecule has 0 unspecified atom stereocenters. The number of aromatic nitrogens is 3. The van der Waals surface area contributed by atoms with Crippen LogP contribution in [-0.2, 0) is 0 Å². The van der Waals surface area contributed by atoms with E-state index in [9.17, 15) is 9.90 Å². The summed E-state index contributed by atoms with van der Waals surface area (Å²) in [6, 6.07) is 6.96. The Morgan fingerprint density at radius 1 is 1.10 bits per heavy atom. The van der Waals surface area contributed by atoms with Crippen molar-refractivity contribution in [2.24, 2.45) is 0 Å². The highest BCUT2D eigenvalue weighted by molar-refractivity contribution is 6.30. The molecule has 2 heterocycles. The fraction of sp³-hybridized carbons (Fsp3) is 0.357. The minimum Gasteiger partial charge on any atom is -0.476 e. The molecule has 1 aliphatic heterocycles. The number of anilines is 1. The Hall–Kier alpha value is -2.08. The molecule has 1 aromatic heterocycles. The molecule has 1 N–H and O–H groups in total. The molecule has 0 amide bonds. The summed E-state index contributed by atoms with van der Waals surface area (Å²) in [6.45, 7) is 1.64. The molecule has 0 bridgehead atoms. The van der Waals surface area contributed by atoms with E-state index >= 15 is 0 Å². The molecule has 21 heavy (non-hydrogen) atoms. The quantitative estimate of drug-likeness (QED) is 0.943. The average Bonchev–Trinajstić information content (AvgIpc) is 2.94. The molecular weight excluding hydrogens is 292 g/mol. The summed E-state index contributed by atoms with van der Waals surface area (Å²) in [5, 5.41) is 18.4. The number of benzene rings is 1. The van der Waals surface area contributed by atoms with Gasteiger partial charge in [0.2, 0.25) is 5.69 Å². The summed E-state index contributed by atoms with van der Waals surface area (Å²) in [4.78, 5) is 14.7. The summed E-state index contributed by atoms with van der Waals surface area (Å²) in [5.41, 5.74) is 0.678. The first kappa shape index (κ1) is 13.9. The van der Waals surface area contributed by atoms with Gasteiger partial charge in [0.1, 0.15) is 0 Å². The Balaban J connectivity index is 1.99. The fourth-order valence-corrected chi connectivity index (χ4v) is 2.57. The number of piperidine rings is 1. The van der Waals surface area contributed by atoms with Crippen molar-refractivity contribution in [1.82, 2.24) is 15.0 Å². The standard InChI is InChI=1S/C14H15ClN4O2/c15-10-4-6-11(7-5-10)19-16-12(14(20)21)13(17-19)18-8-2-1-3-9-18/h4-7H,1-3,8-9H2,(H,20,21). The first-order valence-electron chi connectivity index (χ1n) is 6.86. The van der Waals surface area contributed by atoms with Crippen LogP contribution in [0.1, 0.15) is 29.8 Å². The van der Waals surface area contributed by atoms with Crippen LogP contribution in [0, 0.1) is 0 Å². The number of nitrogens with zero attached hydrogens (tertiary/aromatic N) is 4. The molecule has 0 saturated carbocycles. The minimum absolute atomic E-state index is 0.00755. The van der Waals surface area contributed by atoms with Crippen LogP contribution in [0.4, 0.5) is 5.82 Å². The molecule has 7 heteroatoms. The summed E-state index contributed by atoms with van der Waals surface area (Å²) >= 11 is 5.86. The Morgan fingerprint density at radius 3 is 2.38 bits per heavy atom. The lowest BCUT2D eigenvalue weighted by molar-refractivity contribution is 0.0690. The lowest BCUT2D eigenvalue weighted by atomic mass is 10.1. The molecule has 1 saturated heterocycles. The highest BCUT2D eigenvalue weighted by Crippen LogP contribution is 2.22. The molecule has 3 rings (SSSR count). The molecule has 0 spiro atoms. The summed E-state index contributed by atoms with van der Waals surface area (Å²) in [5.74, 6) is -0.618. The van der Waals surface area contributed by atoms with Gasteiger partial charge in [-0.05, 0) is 43.5 Å². The third kappa shape index (κ3) is 2.85. The Kier molecular flexibility index (Phi) is 3.79. The molecule has 1 fully saturated rings. The van der Waals surface area contributed by atoms with E-state index in [-0.39, 0.29) is 5.69 Å². The second-order valence-electron chi connectivity index (χ2n) is 4.99. The van der Waals surface area contributed by atoms with Crippen molar-refractivity contribution in [3.05, 3.63) is 35.0 Å². The van der Waals surface area contributed by atoms with Gasteiger partial charge in [0.05, 0.1) is 5.69 Å². The number of carbonyl (C=O) groups is 1. The van der Waals surface area contributed by atoms with Crippen molar-refractivity contribution >= 4 is 23.4 Å². The number of hydrogen-bond acceptors (Lipinski definition) is 4. The van der Waals surface area contributed by atoms with Gasteiger partial charge in [-0.2, -0.15) is 0 Å². The fourth-order valence-electron chi connectivity index (χ4n) is 2.45. The zero-order valence-electron chi connectivity index (χ0n) is 11.4. The maximum atomic E-state index is 11.4. The van der Waals surface area contributed by atoms with E-state index < -0.39 is 5.97 Å². The molecular formula is C14H15ClN4O2. The van der Waals surface area contributed by atoms with Crippen molar-refractivity contribution in [2.45, 2.75) is 19.3 Å². The molecule has 0 radical (unpaired) electrons. The molecule has 0 aliphatic carbocycles. The van der Waals surface area contributed by atoms with Crippen molar-refractivity contribution in [3.63, 3.8) is 0 Å². The second-order valence-corrected chi connectivity index (χ2v) is 5.43. The highest BCUT2D eigenvalue weighted by Gasteiger charge is 2.24. The third-order valence-electron chi connectivity index (χ3n) is 3.51. The molecule has 6 nitrogen and oxygen atoms in total. The summed E-state index contributed by atoms with van der Waals surface area (Å²) in [7, 11) is 0. The van der Waals surface area contributed by atoms with Crippen LogP contribution in [0.15, 0.2) is 24.3 Å². The van der Waals surface area contributed by atoms with E-state index in [4.69, 9.17) is 11.6 Å². The van der Waals surface area contributed by atoms with Crippen LogP contribution in [0.3, 0.4) is 0 Å². The van der Waals surface area contributed by atoms with Gasteiger partial charge in [-0.25, -0.2) is 4.79 Å². The van der Waals surface area contributed by atoms with Crippen LogP contribution >= 0.6 is 11.6 Å². The van der Waals surface area contributed by atoms with E-state index in [2.05, 4.69) is 10.2 Å². The average molecular weight is 307 g/mol. The lowest BCUT2D eigenvalue weighted by Crippen LogP contribution is -2.31. The minimum atomic E-state index is -1.06. The molecule has 0 atom stereocenters. The van der Waals surface area contributed by atoms with Crippen molar-refractivity contribution in [1.29, 1.82) is 0 Å². The second kappa shape index (κ2) is 5.73. The Bertz CT molecular complexity index is 647. The number of carboxylic acid groups (broad SMARTS) is 1. The van der Waals surface area contributed by atoms with Crippen molar-refractivity contribution < 1.29 is 9.90 Å². The lowest BCUT2D eigenvalue weighted by Gasteiger charge is -2.26. The van der Waals surface area contributed by atoms with E-state index in [0.717, 1.165) is 25.9 Å². The predicted octanol–water partition coefficient (Wildman–Crippen LogP) is 2.61. The molecule has 1 aromatic carbocycles. The molecule has 110 valence electrons. The van der Waals surface area contributed by atoms with Crippen LogP contribution < -0.4 is 4.90 Å². The van der Waals surface area contributed by atoms with Gasteiger partial charge in [0.15, 0.2) is 5.82 Å². The molecule has 2 aromatic rings. The largest absolute Gasteiger partial charge is 0.476 e. The van der Waals surface area contributed by atoms with Gasteiger partial charge in [-0.15, -0.1) is 15.0 Å². The van der Waals surface area contributed by atoms with Gasteiger partial charge in [0, 0.05) is 18.1 Å². The first-order valence-corrected chi connectivity index (χ1v) is 7.24. The number of aromatic carboxylic acids is 1.